The molecule has 1 aromatic heterocycles. The van der Waals surface area contributed by atoms with Gasteiger partial charge in [-0.15, -0.1) is 0 Å². The molecule has 3 aromatic rings. The molecule has 0 radical (unpaired) electrons. The lowest BCUT2D eigenvalue weighted by atomic mass is 10.2. The maximum Gasteiger partial charge on any atom is 0.435 e. The van der Waals surface area contributed by atoms with Crippen molar-refractivity contribution in [1.82, 2.24) is 9.78 Å². The molecule has 0 unspecified atom stereocenters. The summed E-state index contributed by atoms with van der Waals surface area (Å²) >= 11 is 12.8. The largest absolute Gasteiger partial charge is 0.465 e. The number of hydrogen-bond donors (Lipinski definition) is 0. The molecule has 0 bridgehead atoms. The number of ether oxygens (including phenoxy) is 1. The summed E-state index contributed by atoms with van der Waals surface area (Å²) in [4.78, 5) is 17.6. The van der Waals surface area contributed by atoms with E-state index in [1.165, 1.54) is 26.3 Å². The highest BCUT2D eigenvalue weighted by Crippen LogP contribution is 2.38. The van der Waals surface area contributed by atoms with E-state index in [0.717, 1.165) is 22.7 Å². The summed E-state index contributed by atoms with van der Waals surface area (Å²) in [7, 11) is 2.59. The fraction of sp³-hybridized carbons (Fsp3) is 0.190. The second kappa shape index (κ2) is 10.5. The number of methoxy groups -OCH3 is 1. The van der Waals surface area contributed by atoms with Crippen LogP contribution in [0.2, 0.25) is 10.0 Å². The lowest BCUT2D eigenvalue weighted by Crippen LogP contribution is -2.09. The molecule has 0 atom stereocenters. The van der Waals surface area contributed by atoms with E-state index < -0.39 is 17.8 Å². The fourth-order valence-electron chi connectivity index (χ4n) is 2.75. The van der Waals surface area contributed by atoms with Crippen molar-refractivity contribution in [2.24, 2.45) is 12.2 Å². The summed E-state index contributed by atoms with van der Waals surface area (Å²) in [6.45, 7) is -0.0816. The van der Waals surface area contributed by atoms with Crippen molar-refractivity contribution in [1.29, 1.82) is 0 Å². The van der Waals surface area contributed by atoms with Crippen LogP contribution in [0.1, 0.15) is 27.2 Å². The summed E-state index contributed by atoms with van der Waals surface area (Å²) < 4.78 is 46.7. The summed E-state index contributed by atoms with van der Waals surface area (Å²) in [5.74, 6) is -0.616. The predicted octanol–water partition coefficient (Wildman–Crippen LogP) is 6.23. The van der Waals surface area contributed by atoms with E-state index in [2.05, 4.69) is 10.3 Å². The number of nitrogens with zero attached hydrogens (tertiary/aromatic N) is 3. The number of aryl methyl sites for hydroxylation is 1. The van der Waals surface area contributed by atoms with Crippen LogP contribution >= 0.6 is 35.0 Å². The first kappa shape index (κ1) is 24.9. The van der Waals surface area contributed by atoms with Gasteiger partial charge in [0.05, 0.1) is 24.5 Å². The number of carbonyl (C=O) groups is 1. The highest BCUT2D eigenvalue weighted by molar-refractivity contribution is 7.99. The SMILES string of the molecule is COC(=O)c1ccccc1Sc1c(/C=N/OCc2ccc(Cl)cc2Cl)c(C(F)(F)F)nn1C. The number of hydrogen-bond acceptors (Lipinski definition) is 6. The van der Waals surface area contributed by atoms with Crippen LogP contribution in [0, 0.1) is 0 Å². The smallest absolute Gasteiger partial charge is 0.435 e. The van der Waals surface area contributed by atoms with Crippen LogP contribution in [0.5, 0.6) is 0 Å². The molecule has 0 saturated carbocycles. The molecule has 0 saturated heterocycles. The zero-order valence-electron chi connectivity index (χ0n) is 17.2. The summed E-state index contributed by atoms with van der Waals surface area (Å²) in [6, 6.07) is 11.1. The maximum absolute atomic E-state index is 13.6. The zero-order valence-corrected chi connectivity index (χ0v) is 19.5. The van der Waals surface area contributed by atoms with Gasteiger partial charge >= 0.3 is 12.1 Å². The normalized spacial score (nSPS) is 11.7. The molecule has 12 heteroatoms. The van der Waals surface area contributed by atoms with Crippen LogP contribution in [-0.4, -0.2) is 29.1 Å². The number of rotatable bonds is 7. The molecular weight excluding hydrogens is 502 g/mol. The molecule has 1 heterocycles. The first-order valence-electron chi connectivity index (χ1n) is 9.20. The van der Waals surface area contributed by atoms with Crippen LogP contribution in [0.25, 0.3) is 0 Å². The van der Waals surface area contributed by atoms with Gasteiger partial charge in [0, 0.05) is 27.6 Å². The molecule has 0 aliphatic heterocycles. The lowest BCUT2D eigenvalue weighted by Gasteiger charge is -2.09. The second-order valence-corrected chi connectivity index (χ2v) is 8.40. The van der Waals surface area contributed by atoms with Gasteiger partial charge in [-0.2, -0.15) is 18.3 Å². The Balaban J connectivity index is 1.92. The number of halogens is 5. The summed E-state index contributed by atoms with van der Waals surface area (Å²) in [5.41, 5.74) is -0.685. The standard InChI is InChI=1S/C21H16Cl2F3N3O3S/c1-29-19(33-17-6-4-3-5-14(17)20(30)31-2)15(18(28-29)21(24,25)26)10-27-32-11-12-7-8-13(22)9-16(12)23/h3-10H,11H2,1-2H3/b27-10+. The molecule has 3 rings (SSSR count). The van der Waals surface area contributed by atoms with Crippen molar-refractivity contribution in [2.75, 3.05) is 7.11 Å². The van der Waals surface area contributed by atoms with Gasteiger partial charge in [0.1, 0.15) is 11.6 Å². The Hall–Kier alpha value is -2.69. The minimum absolute atomic E-state index is 0.0816. The highest BCUT2D eigenvalue weighted by Gasteiger charge is 2.39. The van der Waals surface area contributed by atoms with E-state index in [4.69, 9.17) is 32.8 Å². The van der Waals surface area contributed by atoms with E-state index in [-0.39, 0.29) is 22.8 Å². The summed E-state index contributed by atoms with van der Waals surface area (Å²) in [6.07, 6.45) is -3.80. The van der Waals surface area contributed by atoms with Gasteiger partial charge in [0.2, 0.25) is 0 Å². The number of carbonyl (C=O) groups excluding carboxylic acids is 1. The average Bonchev–Trinajstić information content (AvgIpc) is 3.08. The second-order valence-electron chi connectivity index (χ2n) is 6.52. The highest BCUT2D eigenvalue weighted by atomic mass is 35.5. The van der Waals surface area contributed by atoms with Crippen molar-refractivity contribution in [3.8, 4) is 0 Å². The molecule has 0 N–H and O–H groups in total. The molecule has 0 aliphatic rings. The van der Waals surface area contributed by atoms with Crippen molar-refractivity contribution < 1.29 is 27.5 Å². The Bertz CT molecular complexity index is 1200. The van der Waals surface area contributed by atoms with Gasteiger partial charge < -0.3 is 9.57 Å². The van der Waals surface area contributed by atoms with Gasteiger partial charge in [-0.3, -0.25) is 4.68 Å². The lowest BCUT2D eigenvalue weighted by molar-refractivity contribution is -0.141. The Morgan fingerprint density at radius 1 is 1.24 bits per heavy atom. The van der Waals surface area contributed by atoms with Crippen molar-refractivity contribution >= 4 is 47.1 Å². The van der Waals surface area contributed by atoms with Crippen molar-refractivity contribution in [3.63, 3.8) is 0 Å². The molecule has 0 fully saturated rings. The number of esters is 1. The molecular formula is C21H16Cl2F3N3O3S. The van der Waals surface area contributed by atoms with Crippen LogP contribution in [-0.2, 0) is 29.4 Å². The monoisotopic (exact) mass is 517 g/mol. The van der Waals surface area contributed by atoms with Gasteiger partial charge in [-0.1, -0.05) is 58.3 Å². The van der Waals surface area contributed by atoms with Gasteiger partial charge in [-0.05, 0) is 24.3 Å². The molecule has 6 nitrogen and oxygen atoms in total. The van der Waals surface area contributed by atoms with E-state index in [9.17, 15) is 18.0 Å². The Morgan fingerprint density at radius 3 is 2.64 bits per heavy atom. The Morgan fingerprint density at radius 2 is 1.97 bits per heavy atom. The fourth-order valence-corrected chi connectivity index (χ4v) is 4.26. The zero-order chi connectivity index (χ0) is 24.2. The third-order valence-corrected chi connectivity index (χ3v) is 6.13. The topological polar surface area (TPSA) is 65.7 Å². The molecule has 174 valence electrons. The Labute approximate surface area is 201 Å². The summed E-state index contributed by atoms with van der Waals surface area (Å²) in [5, 5.41) is 8.18. The Kier molecular flexibility index (Phi) is 7.93. The first-order valence-corrected chi connectivity index (χ1v) is 10.8. The van der Waals surface area contributed by atoms with E-state index >= 15 is 0 Å². The van der Waals surface area contributed by atoms with E-state index in [1.54, 1.807) is 30.3 Å². The minimum atomic E-state index is -4.74. The van der Waals surface area contributed by atoms with Gasteiger partial charge in [-0.25, -0.2) is 4.79 Å². The molecule has 33 heavy (non-hydrogen) atoms. The predicted molar refractivity (Wildman–Crippen MR) is 119 cm³/mol. The van der Waals surface area contributed by atoms with Gasteiger partial charge in [0.15, 0.2) is 5.69 Å². The maximum atomic E-state index is 13.6. The number of alkyl halides is 3. The molecule has 0 spiro atoms. The van der Waals surface area contributed by atoms with Crippen LogP contribution in [0.3, 0.4) is 0 Å². The average molecular weight is 518 g/mol. The number of oxime groups is 1. The minimum Gasteiger partial charge on any atom is -0.465 e. The third kappa shape index (κ3) is 6.01. The number of benzene rings is 2. The third-order valence-electron chi connectivity index (χ3n) is 4.29. The number of aromatic nitrogens is 2. The van der Waals surface area contributed by atoms with Crippen molar-refractivity contribution in [2.45, 2.75) is 22.7 Å². The van der Waals surface area contributed by atoms with Crippen molar-refractivity contribution in [3.05, 3.63) is 74.9 Å². The van der Waals surface area contributed by atoms with Gasteiger partial charge in [0.25, 0.3) is 0 Å². The molecule has 0 amide bonds. The van der Waals surface area contributed by atoms with Crippen LogP contribution in [0.4, 0.5) is 13.2 Å². The van der Waals surface area contributed by atoms with E-state index in [0.29, 0.717) is 20.5 Å². The van der Waals surface area contributed by atoms with E-state index in [1.807, 2.05) is 0 Å². The molecule has 2 aromatic carbocycles. The molecule has 0 aliphatic carbocycles. The quantitative estimate of drug-likeness (QED) is 0.211. The first-order chi connectivity index (χ1) is 15.6. The van der Waals surface area contributed by atoms with Crippen LogP contribution < -0.4 is 0 Å². The van der Waals surface area contributed by atoms with Crippen LogP contribution in [0.15, 0.2) is 57.5 Å².